The zero-order valence-corrected chi connectivity index (χ0v) is 55.6. The van der Waals surface area contributed by atoms with Gasteiger partial charge < -0.3 is 29.9 Å². The van der Waals surface area contributed by atoms with Crippen LogP contribution in [0.25, 0.3) is 89.7 Å². The van der Waals surface area contributed by atoms with Crippen LogP contribution in [-0.2, 0) is 17.1 Å². The van der Waals surface area contributed by atoms with Gasteiger partial charge in [-0.15, -0.1) is 0 Å². The summed E-state index contributed by atoms with van der Waals surface area (Å²) in [6.45, 7) is 54.6. The monoisotopic (exact) mass is 1150 g/mol. The molecule has 3 aromatic heterocycles. The van der Waals surface area contributed by atoms with E-state index in [1.807, 2.05) is 166 Å². The summed E-state index contributed by atoms with van der Waals surface area (Å²) in [5.74, 6) is 3.87. The average molecular weight is 1150 g/mol. The van der Waals surface area contributed by atoms with E-state index in [-0.39, 0.29) is 31.9 Å². The first-order chi connectivity index (χ1) is 37.3. The van der Waals surface area contributed by atoms with Crippen LogP contribution in [0.1, 0.15) is 253 Å². The number of hydrogen-bond acceptors (Lipinski definition) is 6. The number of fused-ring (bicyclic) bond motifs is 20. The Balaban J connectivity index is -0.000000223. The van der Waals surface area contributed by atoms with Crippen LogP contribution in [0.2, 0.25) is 0 Å². The Labute approximate surface area is 505 Å². The van der Waals surface area contributed by atoms with Crippen LogP contribution >= 0.6 is 0 Å². The van der Waals surface area contributed by atoms with E-state index in [2.05, 4.69) is 111 Å². The first kappa shape index (κ1) is 88.6. The van der Waals surface area contributed by atoms with E-state index in [1.165, 1.54) is 57.8 Å². The van der Waals surface area contributed by atoms with Crippen LogP contribution in [-0.4, -0.2) is 29.9 Å². The summed E-state index contributed by atoms with van der Waals surface area (Å²) < 4.78 is 0. The molecule has 1 radical (unpaired) electrons. The molecule has 2 aliphatic rings. The van der Waals surface area contributed by atoms with Gasteiger partial charge in [-0.2, -0.15) is 0 Å². The van der Waals surface area contributed by atoms with Crippen LogP contribution in [0.5, 0.6) is 0 Å². The minimum atomic E-state index is 0. The second kappa shape index (κ2) is 58.4. The van der Waals surface area contributed by atoms with Crippen molar-refractivity contribution in [1.82, 2.24) is 39.9 Å². The number of rotatable bonds is 4. The molecule has 0 aliphatic carbocycles. The molecule has 0 N–H and O–H groups in total. The molecule has 5 heterocycles. The molecule has 8 nitrogen and oxygen atoms in total. The van der Waals surface area contributed by atoms with Crippen molar-refractivity contribution in [3.63, 3.8) is 0 Å². The average Bonchev–Trinajstić information content (AvgIpc) is 4.20. The van der Waals surface area contributed by atoms with Crippen LogP contribution in [0.3, 0.4) is 0 Å². The fourth-order valence-corrected chi connectivity index (χ4v) is 5.81. The van der Waals surface area contributed by atoms with Gasteiger partial charge in [0.2, 0.25) is 0 Å². The van der Waals surface area contributed by atoms with Crippen molar-refractivity contribution >= 4 is 44.1 Å². The molecule has 4 aromatic carbocycles. The largest absolute Gasteiger partial charge is 2.00 e. The minimum absolute atomic E-state index is 0. The van der Waals surface area contributed by atoms with Crippen molar-refractivity contribution in [3.8, 4) is 45.6 Å². The smallest absolute Gasteiger partial charge is 0.357 e. The van der Waals surface area contributed by atoms with E-state index in [4.69, 9.17) is 39.9 Å². The molecule has 0 saturated heterocycles. The van der Waals surface area contributed by atoms with Crippen molar-refractivity contribution in [2.75, 3.05) is 0 Å². The van der Waals surface area contributed by atoms with E-state index in [9.17, 15) is 0 Å². The summed E-state index contributed by atoms with van der Waals surface area (Å²) >= 11 is 0. The van der Waals surface area contributed by atoms with E-state index in [0.29, 0.717) is 45.9 Å². The molecule has 0 amide bonds. The predicted molar refractivity (Wildman–Crippen MR) is 364 cm³/mol. The van der Waals surface area contributed by atoms with Crippen molar-refractivity contribution in [2.24, 2.45) is 11.8 Å². The predicted octanol–water partition coefficient (Wildman–Crippen LogP) is 24.5. The van der Waals surface area contributed by atoms with Crippen LogP contribution in [0, 0.1) is 11.8 Å². The van der Waals surface area contributed by atoms with Gasteiger partial charge in [0.25, 0.3) is 0 Å². The van der Waals surface area contributed by atoms with Crippen LogP contribution in [0.4, 0.5) is 0 Å². The van der Waals surface area contributed by atoms with E-state index in [0.717, 1.165) is 55.6 Å². The molecule has 0 atom stereocenters. The quantitative estimate of drug-likeness (QED) is 0.161. The van der Waals surface area contributed by atoms with Gasteiger partial charge in [0, 0.05) is 44.8 Å². The Morgan fingerprint density at radius 1 is 0.300 bits per heavy atom. The van der Waals surface area contributed by atoms with Gasteiger partial charge in [0.1, 0.15) is 0 Å². The van der Waals surface area contributed by atoms with Crippen LogP contribution in [0.15, 0.2) is 97.1 Å². The third-order valence-electron chi connectivity index (χ3n) is 9.04. The Morgan fingerprint density at radius 2 is 0.463 bits per heavy atom. The molecule has 7 aromatic rings. The molecule has 0 spiro atoms. The van der Waals surface area contributed by atoms with Gasteiger partial charge >= 0.3 is 17.1 Å². The molecular formula is C71H122CuN8. The maximum Gasteiger partial charge on any atom is 2.00 e. The maximum atomic E-state index is 4.95. The number of aromatic nitrogens is 8. The third-order valence-corrected chi connectivity index (χ3v) is 9.04. The number of hydrogen-bond donors (Lipinski definition) is 0. The van der Waals surface area contributed by atoms with Gasteiger partial charge in [0.15, 0.2) is 0 Å². The standard InChI is InChI=1S/C32H16N8.C5H12.4C4H10.2C3H8.5C2H6.2CH4.Cu/c1-2-10-18-17(9-1)25-33-26(18)38-28-21-13-5-6-14-22(21)30(35-28)40-32-24-16-8-7-15-23(24)31(36-32)39-29-20-12-4-3-11-19(20)27(34-29)37-25;1-3-5-4-2;2*1-4(2)3;2*1-3-4-2;2*1-3-2;5*1-2;;;/h1-16H;3-5H2,1-2H3;2*4H,1-3H3;2*3-4H2,1-2H3;2*3H2,1-2H3;5*1-2H3;2*1H4;/q-2;;;;;;;;;;;;;;;+2. The first-order valence-electron chi connectivity index (χ1n) is 30.4. The van der Waals surface area contributed by atoms with Crippen molar-refractivity contribution in [2.45, 2.75) is 253 Å². The summed E-state index contributed by atoms with van der Waals surface area (Å²) in [6.07, 6.45) is 11.9. The van der Waals surface area contributed by atoms with Crippen molar-refractivity contribution in [1.29, 1.82) is 0 Å². The summed E-state index contributed by atoms with van der Waals surface area (Å²) in [6, 6.07) is 31.8. The Morgan fingerprint density at radius 3 is 0.600 bits per heavy atom. The second-order valence-corrected chi connectivity index (χ2v) is 17.9. The molecular weight excluding hydrogens is 1030 g/mol. The molecule has 457 valence electrons. The summed E-state index contributed by atoms with van der Waals surface area (Å²) in [5, 5.41) is 3.57. The van der Waals surface area contributed by atoms with E-state index in [1.54, 1.807) is 0 Å². The zero-order valence-electron chi connectivity index (χ0n) is 54.6. The molecule has 8 bridgehead atoms. The molecule has 0 saturated carbocycles. The fourth-order valence-electron chi connectivity index (χ4n) is 5.81. The van der Waals surface area contributed by atoms with Gasteiger partial charge in [-0.25, -0.2) is 9.97 Å². The number of benzene rings is 4. The van der Waals surface area contributed by atoms with Crippen molar-refractivity contribution < 1.29 is 17.1 Å². The van der Waals surface area contributed by atoms with Gasteiger partial charge in [0.05, 0.1) is 23.3 Å². The second-order valence-electron chi connectivity index (χ2n) is 17.9. The zero-order chi connectivity index (χ0) is 59.7. The summed E-state index contributed by atoms with van der Waals surface area (Å²) in [4.78, 5) is 39.3. The molecule has 80 heavy (non-hydrogen) atoms. The fraction of sp³-hybridized carbons (Fsp3) is 0.549. The molecule has 0 fully saturated rings. The molecule has 0 unspecified atom stereocenters. The summed E-state index contributed by atoms with van der Waals surface area (Å²) in [5.41, 5.74) is 5.78. The number of nitrogens with zero attached hydrogens (tertiary/aromatic N) is 8. The van der Waals surface area contributed by atoms with Crippen molar-refractivity contribution in [3.05, 3.63) is 97.1 Å². The maximum absolute atomic E-state index is 4.95. The van der Waals surface area contributed by atoms with Crippen LogP contribution < -0.4 is 9.97 Å². The normalized spacial score (nSPS) is 9.00. The summed E-state index contributed by atoms with van der Waals surface area (Å²) in [7, 11) is 0. The van der Waals surface area contributed by atoms with Gasteiger partial charge in [-0.3, -0.25) is 0 Å². The van der Waals surface area contributed by atoms with Gasteiger partial charge in [-0.1, -0.05) is 350 Å². The third kappa shape index (κ3) is 32.9. The van der Waals surface area contributed by atoms with E-state index < -0.39 is 0 Å². The molecule has 2 aliphatic heterocycles. The Kier molecular flexibility index (Phi) is 64.7. The number of unbranched alkanes of at least 4 members (excludes halogenated alkanes) is 4. The van der Waals surface area contributed by atoms with Gasteiger partial charge in [-0.05, 0) is 33.4 Å². The Hall–Kier alpha value is -5.24. The topological polar surface area (TPSA) is 106 Å². The molecule has 9 heteroatoms. The Bertz CT molecular complexity index is 2280. The SMILES string of the molecule is C.C.CC.CC.CC.CC.CC.CC(C)C.CC(C)C.CCC.CCC.CCCC.CCCC.CCCCC.[Cu+2].c1ccc2c(c1)-c1nc-2nc2[n-]c(nc3nc(nc4[n-]c(n1)c1ccccc41)-c1ccccc1-3)c1ccccc21. The first-order valence-corrected chi connectivity index (χ1v) is 30.4. The van der Waals surface area contributed by atoms with E-state index >= 15 is 0 Å². The molecule has 9 rings (SSSR count). The minimum Gasteiger partial charge on any atom is -0.357 e.